The van der Waals surface area contributed by atoms with Crippen molar-refractivity contribution in [3.05, 3.63) is 100 Å². The lowest BCUT2D eigenvalue weighted by Crippen LogP contribution is -2.13. The Hall–Kier alpha value is -3.79. The van der Waals surface area contributed by atoms with Crippen molar-refractivity contribution in [2.75, 3.05) is 5.32 Å². The Balaban J connectivity index is 1.38. The van der Waals surface area contributed by atoms with Crippen molar-refractivity contribution in [2.45, 2.75) is 13.2 Å². The maximum absolute atomic E-state index is 13.8. The van der Waals surface area contributed by atoms with Crippen LogP contribution in [0.3, 0.4) is 0 Å². The number of ether oxygens (including phenoxy) is 1. The van der Waals surface area contributed by atoms with Gasteiger partial charge >= 0.3 is 0 Å². The molecule has 1 amide bonds. The molecule has 0 spiro atoms. The van der Waals surface area contributed by atoms with Gasteiger partial charge in [-0.15, -0.1) is 0 Å². The lowest BCUT2D eigenvalue weighted by atomic mass is 10.2. The number of rotatable bonds is 7. The first-order chi connectivity index (χ1) is 15.8. The molecule has 0 saturated carbocycles. The van der Waals surface area contributed by atoms with Gasteiger partial charge in [0.2, 0.25) is 0 Å². The van der Waals surface area contributed by atoms with Gasteiger partial charge in [0.1, 0.15) is 18.1 Å². The summed E-state index contributed by atoms with van der Waals surface area (Å²) in [5.74, 6) is -5.73. The van der Waals surface area contributed by atoms with E-state index in [9.17, 15) is 22.4 Å². The quantitative estimate of drug-likeness (QED) is 0.278. The number of benzene rings is 2. The summed E-state index contributed by atoms with van der Waals surface area (Å²) in [5.41, 5.74) is -0.829. The molecular weight excluding hydrogens is 466 g/mol. The third-order valence-electron chi connectivity index (χ3n) is 4.49. The van der Waals surface area contributed by atoms with Crippen molar-refractivity contribution < 1.29 is 31.5 Å². The van der Waals surface area contributed by atoms with Gasteiger partial charge in [0.15, 0.2) is 34.8 Å². The van der Waals surface area contributed by atoms with E-state index in [0.717, 1.165) is 4.68 Å². The number of aromatic nitrogens is 2. The number of anilines is 1. The highest BCUT2D eigenvalue weighted by Crippen LogP contribution is 2.21. The van der Waals surface area contributed by atoms with Crippen molar-refractivity contribution in [3.63, 3.8) is 0 Å². The van der Waals surface area contributed by atoms with Gasteiger partial charge < -0.3 is 14.5 Å². The predicted molar refractivity (Wildman–Crippen MR) is 110 cm³/mol. The van der Waals surface area contributed by atoms with Crippen LogP contribution in [0.25, 0.3) is 0 Å². The summed E-state index contributed by atoms with van der Waals surface area (Å²) in [6.45, 7) is -0.514. The minimum atomic E-state index is -1.52. The van der Waals surface area contributed by atoms with E-state index in [4.69, 9.17) is 20.8 Å². The molecule has 2 heterocycles. The lowest BCUT2D eigenvalue weighted by molar-refractivity contribution is 0.0992. The van der Waals surface area contributed by atoms with Crippen LogP contribution in [0.15, 0.2) is 59.1 Å². The van der Waals surface area contributed by atoms with Gasteiger partial charge in [-0.1, -0.05) is 11.6 Å². The number of hydrogen-bond acceptors (Lipinski definition) is 4. The molecule has 0 aliphatic carbocycles. The minimum absolute atomic E-state index is 0.0245. The maximum Gasteiger partial charge on any atom is 0.292 e. The number of carbonyl (C=O) groups is 1. The zero-order valence-corrected chi connectivity index (χ0v) is 17.4. The molecule has 11 heteroatoms. The van der Waals surface area contributed by atoms with Crippen LogP contribution in [0.4, 0.5) is 23.4 Å². The third kappa shape index (κ3) is 5.17. The minimum Gasteiger partial charge on any atom is -0.486 e. The molecular formula is C22H14ClF4N3O3. The van der Waals surface area contributed by atoms with Crippen molar-refractivity contribution in [1.29, 1.82) is 0 Å². The van der Waals surface area contributed by atoms with E-state index in [2.05, 4.69) is 10.4 Å². The van der Waals surface area contributed by atoms with Crippen LogP contribution < -0.4 is 10.1 Å². The summed E-state index contributed by atoms with van der Waals surface area (Å²) >= 11 is 5.81. The van der Waals surface area contributed by atoms with Crippen molar-refractivity contribution in [1.82, 2.24) is 9.78 Å². The number of nitrogens with zero attached hydrogens (tertiary/aromatic N) is 2. The van der Waals surface area contributed by atoms with E-state index in [-0.39, 0.29) is 24.3 Å². The third-order valence-corrected chi connectivity index (χ3v) is 4.74. The highest BCUT2D eigenvalue weighted by atomic mass is 35.5. The highest BCUT2D eigenvalue weighted by Gasteiger charge is 2.20. The highest BCUT2D eigenvalue weighted by molar-refractivity contribution is 6.30. The first-order valence-corrected chi connectivity index (χ1v) is 9.81. The molecule has 0 fully saturated rings. The Morgan fingerprint density at radius 3 is 2.42 bits per heavy atom. The molecule has 0 radical (unpaired) electrons. The second-order valence-corrected chi connectivity index (χ2v) is 7.24. The summed E-state index contributed by atoms with van der Waals surface area (Å²) in [4.78, 5) is 12.4. The van der Waals surface area contributed by atoms with Crippen LogP contribution in [0.2, 0.25) is 5.02 Å². The molecule has 0 atom stereocenters. The van der Waals surface area contributed by atoms with Gasteiger partial charge in [-0.05, 0) is 36.4 Å². The van der Waals surface area contributed by atoms with E-state index in [1.54, 1.807) is 30.3 Å². The standard InChI is InChI=1S/C22H14ClF4N3O3/c23-12-1-3-13(4-2-12)32-11-14-5-6-18(33-14)22(31)28-19-7-8-30(29-19)10-15-20(26)16(24)9-17(25)21(15)27/h1-9H,10-11H2,(H,28,29,31). The molecule has 33 heavy (non-hydrogen) atoms. The Kier molecular flexibility index (Phi) is 6.36. The fraction of sp³-hybridized carbons (Fsp3) is 0.0909. The van der Waals surface area contributed by atoms with E-state index >= 15 is 0 Å². The number of furan rings is 1. The molecule has 4 rings (SSSR count). The van der Waals surface area contributed by atoms with Crippen LogP contribution >= 0.6 is 11.6 Å². The number of hydrogen-bond donors (Lipinski definition) is 1. The zero-order chi connectivity index (χ0) is 23.5. The molecule has 2 aromatic carbocycles. The number of amides is 1. The van der Waals surface area contributed by atoms with Gasteiger partial charge in [0.25, 0.3) is 5.91 Å². The van der Waals surface area contributed by atoms with Crippen molar-refractivity contribution in [2.24, 2.45) is 0 Å². The fourth-order valence-corrected chi connectivity index (χ4v) is 3.01. The van der Waals surface area contributed by atoms with E-state index in [0.29, 0.717) is 16.5 Å². The summed E-state index contributed by atoms with van der Waals surface area (Å²) in [6.07, 6.45) is 1.28. The van der Waals surface area contributed by atoms with Gasteiger partial charge in [0, 0.05) is 23.4 Å². The summed E-state index contributed by atoms with van der Waals surface area (Å²) in [5, 5.41) is 6.96. The van der Waals surface area contributed by atoms with Crippen LogP contribution in [0.1, 0.15) is 21.9 Å². The van der Waals surface area contributed by atoms with E-state index in [1.807, 2.05) is 0 Å². The first kappa shape index (κ1) is 22.4. The fourth-order valence-electron chi connectivity index (χ4n) is 2.88. The molecule has 0 aliphatic rings. The average molecular weight is 480 g/mol. The molecule has 0 aliphatic heterocycles. The largest absolute Gasteiger partial charge is 0.486 e. The molecule has 0 saturated heterocycles. The smallest absolute Gasteiger partial charge is 0.292 e. The second kappa shape index (κ2) is 9.37. The molecule has 0 unspecified atom stereocenters. The zero-order valence-electron chi connectivity index (χ0n) is 16.6. The second-order valence-electron chi connectivity index (χ2n) is 6.81. The number of carbonyl (C=O) groups excluding carboxylic acids is 1. The molecule has 6 nitrogen and oxygen atoms in total. The molecule has 170 valence electrons. The lowest BCUT2D eigenvalue weighted by Gasteiger charge is -2.07. The van der Waals surface area contributed by atoms with Crippen LogP contribution in [0.5, 0.6) is 5.75 Å². The number of halogens is 5. The van der Waals surface area contributed by atoms with Gasteiger partial charge in [-0.3, -0.25) is 9.48 Å². The van der Waals surface area contributed by atoms with Gasteiger partial charge in [-0.25, -0.2) is 17.6 Å². The van der Waals surface area contributed by atoms with Gasteiger partial charge in [0.05, 0.1) is 12.1 Å². The SMILES string of the molecule is O=C(Nc1ccn(Cc2c(F)c(F)cc(F)c2F)n1)c1ccc(COc2ccc(Cl)cc2)o1. The Labute approximate surface area is 189 Å². The Morgan fingerprint density at radius 1 is 1.03 bits per heavy atom. The number of nitrogens with one attached hydrogen (secondary N) is 1. The predicted octanol–water partition coefficient (Wildman–Crippen LogP) is 5.57. The first-order valence-electron chi connectivity index (χ1n) is 9.44. The Bertz CT molecular complexity index is 1280. The van der Waals surface area contributed by atoms with E-state index in [1.165, 1.54) is 18.3 Å². The van der Waals surface area contributed by atoms with Crippen molar-refractivity contribution >= 4 is 23.3 Å². The van der Waals surface area contributed by atoms with Crippen LogP contribution in [-0.2, 0) is 13.2 Å². The Morgan fingerprint density at radius 2 is 1.73 bits per heavy atom. The maximum atomic E-state index is 13.8. The molecule has 2 aromatic heterocycles. The normalized spacial score (nSPS) is 10.9. The monoisotopic (exact) mass is 479 g/mol. The topological polar surface area (TPSA) is 69.3 Å². The summed E-state index contributed by atoms with van der Waals surface area (Å²) in [6, 6.07) is 11.2. The summed E-state index contributed by atoms with van der Waals surface area (Å²) < 4.78 is 66.4. The van der Waals surface area contributed by atoms with Crippen LogP contribution in [0, 0.1) is 23.3 Å². The van der Waals surface area contributed by atoms with Gasteiger partial charge in [-0.2, -0.15) is 5.10 Å². The summed E-state index contributed by atoms with van der Waals surface area (Å²) in [7, 11) is 0. The molecule has 1 N–H and O–H groups in total. The van der Waals surface area contributed by atoms with E-state index < -0.39 is 41.3 Å². The average Bonchev–Trinajstić information content (AvgIpc) is 3.44. The van der Waals surface area contributed by atoms with Crippen LogP contribution in [-0.4, -0.2) is 15.7 Å². The molecule has 4 aromatic rings. The molecule has 0 bridgehead atoms. The van der Waals surface area contributed by atoms with Crippen molar-refractivity contribution in [3.8, 4) is 5.75 Å².